The molecule has 0 aromatic heterocycles. The van der Waals surface area contributed by atoms with E-state index in [1.165, 1.54) is 19.3 Å². The zero-order valence-corrected chi connectivity index (χ0v) is 26.2. The van der Waals surface area contributed by atoms with Crippen LogP contribution < -0.4 is 0 Å². The van der Waals surface area contributed by atoms with Crippen LogP contribution >= 0.6 is 17.0 Å². The Balaban J connectivity index is 0.00000456. The number of aromatic hydroxyl groups is 1. The van der Waals surface area contributed by atoms with Gasteiger partial charge in [-0.3, -0.25) is 10.2 Å². The lowest BCUT2D eigenvalue weighted by Crippen LogP contribution is -2.36. The Morgan fingerprint density at radius 1 is 1.06 bits per heavy atom. The summed E-state index contributed by atoms with van der Waals surface area (Å²) in [6, 6.07) is 3.76. The van der Waals surface area contributed by atoms with Gasteiger partial charge in [0.1, 0.15) is 11.6 Å². The third-order valence-corrected chi connectivity index (χ3v) is 9.35. The number of halogens is 1. The van der Waals surface area contributed by atoms with Crippen LogP contribution in [0.5, 0.6) is 5.75 Å². The van der Waals surface area contributed by atoms with Gasteiger partial charge >= 0.3 is 0 Å². The van der Waals surface area contributed by atoms with Gasteiger partial charge in [0.15, 0.2) is 5.78 Å². The van der Waals surface area contributed by atoms with Gasteiger partial charge in [-0.1, -0.05) is 82.1 Å². The minimum Gasteiger partial charge on any atom is -0.507 e. The van der Waals surface area contributed by atoms with Crippen molar-refractivity contribution in [2.75, 3.05) is 13.1 Å². The Morgan fingerprint density at radius 3 is 1.97 bits per heavy atom. The van der Waals surface area contributed by atoms with Crippen molar-refractivity contribution in [3.05, 3.63) is 28.8 Å². The molecule has 204 valence electrons. The molecule has 1 aromatic carbocycles. The zero-order chi connectivity index (χ0) is 26.6. The molecule has 0 amide bonds. The van der Waals surface area contributed by atoms with Gasteiger partial charge in [0.05, 0.1) is 6.54 Å². The van der Waals surface area contributed by atoms with Crippen LogP contribution in [0.15, 0.2) is 12.1 Å². The first kappa shape index (κ1) is 30.9. The number of fused-ring (bicyclic) bond motifs is 1. The fourth-order valence-electron chi connectivity index (χ4n) is 6.83. The van der Waals surface area contributed by atoms with Crippen molar-refractivity contribution >= 4 is 28.6 Å². The number of carbonyl (C=O) groups is 1. The molecular weight excluding hydrogens is 512 g/mol. The number of hydrogen-bond donors (Lipinski definition) is 2. The number of nitrogens with zero attached hydrogens (tertiary/aromatic N) is 1. The largest absolute Gasteiger partial charge is 0.507 e. The summed E-state index contributed by atoms with van der Waals surface area (Å²) in [4.78, 5) is 15.6. The van der Waals surface area contributed by atoms with Gasteiger partial charge in [-0.05, 0) is 59.5 Å². The number of phenols is 1. The van der Waals surface area contributed by atoms with Gasteiger partial charge in [0.25, 0.3) is 0 Å². The van der Waals surface area contributed by atoms with E-state index in [0.717, 1.165) is 36.4 Å². The van der Waals surface area contributed by atoms with Crippen LogP contribution in [0.1, 0.15) is 123 Å². The SMILES string of the molecule is Br.CCC(CC)C[C@H]1C[C@@]2(C)CN(CC(=O)c3cc(C(C)(C)C)c(O)c(C(C)(C)C)c3)C(=N)[C@@]2(C)C1. The quantitative estimate of drug-likeness (QED) is 0.328. The standard InChI is InChI=1S/C31H50N2O2.BrH/c1-11-20(12-2)13-21-16-30(9)19-33(27(32)31(30,10)17-21)18-25(34)22-14-23(28(3,4)5)26(35)24(15-22)29(6,7)8;/h14-15,20-21,32,35H,11-13,16-19H2,1-10H3;1H/t21-,30-,31+;/m0./s1. The summed E-state index contributed by atoms with van der Waals surface area (Å²) in [6.07, 6.45) is 5.94. The van der Waals surface area contributed by atoms with E-state index in [1.54, 1.807) is 0 Å². The highest BCUT2D eigenvalue weighted by Crippen LogP contribution is 2.61. The summed E-state index contributed by atoms with van der Waals surface area (Å²) in [6.45, 7) is 22.6. The van der Waals surface area contributed by atoms with Crippen LogP contribution in [0, 0.1) is 28.1 Å². The first-order chi connectivity index (χ1) is 16.0. The van der Waals surface area contributed by atoms with Gasteiger partial charge < -0.3 is 10.0 Å². The summed E-state index contributed by atoms with van der Waals surface area (Å²) >= 11 is 0. The van der Waals surface area contributed by atoms with Gasteiger partial charge in [-0.2, -0.15) is 0 Å². The summed E-state index contributed by atoms with van der Waals surface area (Å²) in [5.74, 6) is 2.43. The van der Waals surface area contributed by atoms with Crippen LogP contribution in [0.4, 0.5) is 0 Å². The highest BCUT2D eigenvalue weighted by Gasteiger charge is 2.61. The molecule has 2 aliphatic rings. The topological polar surface area (TPSA) is 64.4 Å². The predicted molar refractivity (Wildman–Crippen MR) is 157 cm³/mol. The fraction of sp³-hybridized carbons (Fsp3) is 0.742. The summed E-state index contributed by atoms with van der Waals surface area (Å²) in [5, 5.41) is 20.2. The maximum atomic E-state index is 13.6. The molecule has 3 rings (SSSR count). The van der Waals surface area contributed by atoms with Crippen molar-refractivity contribution in [1.82, 2.24) is 4.90 Å². The normalized spacial score (nSPS) is 26.4. The third-order valence-electron chi connectivity index (χ3n) is 9.35. The maximum absolute atomic E-state index is 13.6. The van der Waals surface area contributed by atoms with Crippen LogP contribution in [-0.2, 0) is 10.8 Å². The molecule has 1 saturated heterocycles. The predicted octanol–water partition coefficient (Wildman–Crippen LogP) is 8.29. The van der Waals surface area contributed by atoms with Gasteiger partial charge in [-0.15, -0.1) is 17.0 Å². The van der Waals surface area contributed by atoms with Crippen LogP contribution in [0.3, 0.4) is 0 Å². The molecule has 1 aromatic rings. The van der Waals surface area contributed by atoms with E-state index in [2.05, 4.69) is 69.2 Å². The second-order valence-corrected chi connectivity index (χ2v) is 14.1. The number of likely N-dealkylation sites (tertiary alicyclic amines) is 1. The number of carbonyl (C=O) groups excluding carboxylic acids is 1. The molecule has 0 spiro atoms. The van der Waals surface area contributed by atoms with E-state index in [1.807, 2.05) is 17.0 Å². The number of phenolic OH excluding ortho intramolecular Hbond substituents is 1. The fourth-order valence-corrected chi connectivity index (χ4v) is 6.83. The summed E-state index contributed by atoms with van der Waals surface area (Å²) in [7, 11) is 0. The first-order valence-electron chi connectivity index (χ1n) is 13.7. The molecule has 4 nitrogen and oxygen atoms in total. The molecule has 0 unspecified atom stereocenters. The van der Waals surface area contributed by atoms with Crippen molar-refractivity contribution in [2.24, 2.45) is 22.7 Å². The highest BCUT2D eigenvalue weighted by atomic mass is 79.9. The number of rotatable bonds is 7. The van der Waals surface area contributed by atoms with E-state index < -0.39 is 0 Å². The summed E-state index contributed by atoms with van der Waals surface area (Å²) < 4.78 is 0. The second kappa shape index (κ2) is 10.4. The molecule has 1 aliphatic carbocycles. The molecule has 5 heteroatoms. The molecule has 1 aliphatic heterocycles. The summed E-state index contributed by atoms with van der Waals surface area (Å²) in [5.41, 5.74) is 1.60. The molecule has 0 bridgehead atoms. The number of ketones is 1. The van der Waals surface area contributed by atoms with E-state index in [9.17, 15) is 9.90 Å². The Hall–Kier alpha value is -1.36. The smallest absolute Gasteiger partial charge is 0.182 e. The molecule has 0 radical (unpaired) electrons. The van der Waals surface area contributed by atoms with E-state index in [4.69, 9.17) is 5.41 Å². The number of hydrogen-bond acceptors (Lipinski definition) is 3. The Bertz CT molecular complexity index is 950. The van der Waals surface area contributed by atoms with Gasteiger partial charge in [0, 0.05) is 28.7 Å². The lowest BCUT2D eigenvalue weighted by Gasteiger charge is -2.31. The van der Waals surface area contributed by atoms with Crippen LogP contribution in [-0.4, -0.2) is 34.7 Å². The molecule has 2 N–H and O–H groups in total. The van der Waals surface area contributed by atoms with Crippen molar-refractivity contribution in [3.63, 3.8) is 0 Å². The third kappa shape index (κ3) is 5.56. The highest BCUT2D eigenvalue weighted by molar-refractivity contribution is 8.93. The average molecular weight is 564 g/mol. The molecule has 3 atom stereocenters. The lowest BCUT2D eigenvalue weighted by atomic mass is 9.70. The molecule has 2 fully saturated rings. The monoisotopic (exact) mass is 562 g/mol. The Morgan fingerprint density at radius 2 is 1.56 bits per heavy atom. The van der Waals surface area contributed by atoms with Gasteiger partial charge in [-0.25, -0.2) is 0 Å². The zero-order valence-electron chi connectivity index (χ0n) is 24.5. The van der Waals surface area contributed by atoms with Crippen molar-refractivity contribution < 1.29 is 9.90 Å². The lowest BCUT2D eigenvalue weighted by molar-refractivity contribution is 0.0955. The first-order valence-corrected chi connectivity index (χ1v) is 13.7. The van der Waals surface area contributed by atoms with Crippen molar-refractivity contribution in [1.29, 1.82) is 5.41 Å². The minimum atomic E-state index is -0.275. The van der Waals surface area contributed by atoms with Crippen LogP contribution in [0.25, 0.3) is 0 Å². The van der Waals surface area contributed by atoms with E-state index in [0.29, 0.717) is 23.1 Å². The maximum Gasteiger partial charge on any atom is 0.182 e. The average Bonchev–Trinajstić information content (AvgIpc) is 3.08. The number of Topliss-reactive ketones (excluding diaryl/α,β-unsaturated/α-hetero) is 1. The number of amidine groups is 1. The Labute approximate surface area is 230 Å². The molecule has 36 heavy (non-hydrogen) atoms. The van der Waals surface area contributed by atoms with E-state index >= 15 is 0 Å². The number of nitrogens with one attached hydrogen (secondary N) is 1. The molecule has 1 heterocycles. The number of benzene rings is 1. The van der Waals surface area contributed by atoms with Gasteiger partial charge in [0.2, 0.25) is 0 Å². The second-order valence-electron chi connectivity index (χ2n) is 14.1. The molecule has 1 saturated carbocycles. The van der Waals surface area contributed by atoms with Crippen LogP contribution in [0.2, 0.25) is 0 Å². The van der Waals surface area contributed by atoms with Crippen molar-refractivity contribution in [3.8, 4) is 5.75 Å². The molecular formula is C31H51BrN2O2. The van der Waals surface area contributed by atoms with E-state index in [-0.39, 0.29) is 51.0 Å². The van der Waals surface area contributed by atoms with Crippen molar-refractivity contribution in [2.45, 2.75) is 112 Å². The Kier molecular flexibility index (Phi) is 8.93. The minimum absolute atomic E-state index is 0.